The van der Waals surface area contributed by atoms with Crippen LogP contribution in [0.25, 0.3) is 0 Å². The van der Waals surface area contributed by atoms with E-state index in [4.69, 9.17) is 0 Å². The van der Waals surface area contributed by atoms with Gasteiger partial charge in [-0.1, -0.05) is 155 Å². The quantitative estimate of drug-likeness (QED) is 0.253. The first-order chi connectivity index (χ1) is 19.0. The predicted molar refractivity (Wildman–Crippen MR) is 208 cm³/mol. The molecule has 4 heterocycles. The molecule has 3 saturated heterocycles. The van der Waals surface area contributed by atoms with Gasteiger partial charge in [-0.15, -0.1) is 0 Å². The normalized spacial score (nSPS) is 36.3. The molecule has 0 spiro atoms. The smallest absolute Gasteiger partial charge is 0.0292 e. The van der Waals surface area contributed by atoms with Crippen molar-refractivity contribution < 1.29 is 0 Å². The summed E-state index contributed by atoms with van der Waals surface area (Å²) in [6.45, 7) is 7.86. The molecule has 3 fully saturated rings. The summed E-state index contributed by atoms with van der Waals surface area (Å²) >= 11 is 0. The average molecular weight is 745 g/mol. The van der Waals surface area contributed by atoms with Gasteiger partial charge in [0.05, 0.1) is 0 Å². The van der Waals surface area contributed by atoms with Crippen LogP contribution in [-0.2, 0) is 0 Å². The van der Waals surface area contributed by atoms with E-state index in [1.807, 2.05) is 10.8 Å². The first kappa shape index (κ1) is 32.1. The van der Waals surface area contributed by atoms with E-state index < -0.39 is 0 Å². The van der Waals surface area contributed by atoms with E-state index in [1.54, 1.807) is 44.6 Å². The van der Waals surface area contributed by atoms with Gasteiger partial charge in [0, 0.05) is 80.0 Å². The Morgan fingerprint density at radius 1 is 0.615 bits per heavy atom. The summed E-state index contributed by atoms with van der Waals surface area (Å²) in [7, 11) is 25.9. The van der Waals surface area contributed by atoms with Crippen molar-refractivity contribution in [3.05, 3.63) is 44.6 Å². The van der Waals surface area contributed by atoms with E-state index in [0.717, 1.165) is 0 Å². The van der Waals surface area contributed by atoms with Crippen LogP contribution in [0.5, 0.6) is 0 Å². The maximum Gasteiger partial charge on any atom is 0.0292 e. The molecule has 6 aliphatic rings. The van der Waals surface area contributed by atoms with Crippen LogP contribution in [0.2, 0.25) is 0 Å². The SMILES string of the molecule is CSSCC1=C2CSSCC3=C(C)[C@H]4CSSC[C@H]1C1(C)CSSCC4(C)C4=C3CSSCC2=C1CSSC4. The van der Waals surface area contributed by atoms with Crippen LogP contribution in [-0.4, -0.2) is 69.5 Å². The summed E-state index contributed by atoms with van der Waals surface area (Å²) in [5.74, 6) is 14.5. The molecule has 2 unspecified atom stereocenters. The van der Waals surface area contributed by atoms with Crippen molar-refractivity contribution in [3.8, 4) is 0 Å². The Kier molecular flexibility index (Phi) is 11.8. The number of rotatable bonds is 3. The van der Waals surface area contributed by atoms with Crippen molar-refractivity contribution >= 4 is 130 Å². The van der Waals surface area contributed by atoms with Gasteiger partial charge in [-0.25, -0.2) is 0 Å². The Labute approximate surface area is 283 Å². The van der Waals surface area contributed by atoms with Crippen LogP contribution in [0.1, 0.15) is 20.8 Å². The van der Waals surface area contributed by atoms with Crippen molar-refractivity contribution in [2.24, 2.45) is 22.7 Å². The van der Waals surface area contributed by atoms with Crippen LogP contribution in [0.3, 0.4) is 0 Å². The van der Waals surface area contributed by atoms with Crippen molar-refractivity contribution in [2.75, 3.05) is 69.5 Å². The standard InChI is InChI=1S/C27H36S12/c1-16-17-5-30-31-6-18-20(7-29-28-4)24-12-35-34-10-22(16)26(2)14-38-39-15-27(24,3)25-13-37-36-11-23(26)19(17)8-32-33-9-21(18)25/h22,24H,5-15H2,1-4H3/t22-,24-,26?,27?/m1/s1. The third kappa shape index (κ3) is 6.29. The van der Waals surface area contributed by atoms with Gasteiger partial charge < -0.3 is 0 Å². The number of hydrogen-bond acceptors (Lipinski definition) is 12. The summed E-state index contributed by atoms with van der Waals surface area (Å²) < 4.78 is 0. The highest BCUT2D eigenvalue weighted by Gasteiger charge is 2.49. The highest BCUT2D eigenvalue weighted by molar-refractivity contribution is 8.78. The number of hydrogen-bond donors (Lipinski definition) is 0. The number of allylic oxidation sites excluding steroid dienone is 1. The fourth-order valence-electron chi connectivity index (χ4n) is 6.87. The summed E-state index contributed by atoms with van der Waals surface area (Å²) in [5, 5.41) is 0. The Bertz CT molecular complexity index is 1090. The van der Waals surface area contributed by atoms with Crippen LogP contribution in [0, 0.1) is 22.7 Å². The summed E-state index contributed by atoms with van der Waals surface area (Å²) in [6, 6.07) is 0. The predicted octanol–water partition coefficient (Wildman–Crippen LogP) is 11.4. The second-order valence-electron chi connectivity index (χ2n) is 11.1. The minimum atomic E-state index is 0.230. The van der Waals surface area contributed by atoms with Crippen molar-refractivity contribution in [1.29, 1.82) is 0 Å². The van der Waals surface area contributed by atoms with E-state index in [0.29, 0.717) is 11.8 Å². The van der Waals surface area contributed by atoms with Crippen molar-refractivity contribution in [2.45, 2.75) is 20.8 Å². The molecule has 4 aliphatic heterocycles. The monoisotopic (exact) mass is 744 g/mol. The molecule has 0 amide bonds. The zero-order valence-electron chi connectivity index (χ0n) is 22.8. The topological polar surface area (TPSA) is 0 Å². The average Bonchev–Trinajstić information content (AvgIpc) is 2.90. The molecule has 0 saturated carbocycles. The Hall–Kier alpha value is 3.16. The van der Waals surface area contributed by atoms with Gasteiger partial charge in [0.2, 0.25) is 0 Å². The summed E-state index contributed by atoms with van der Waals surface area (Å²) in [4.78, 5) is 0. The van der Waals surface area contributed by atoms with Gasteiger partial charge in [0.1, 0.15) is 0 Å². The summed E-state index contributed by atoms with van der Waals surface area (Å²) in [6.07, 6.45) is 2.26. The minimum absolute atomic E-state index is 0.230. The molecule has 39 heavy (non-hydrogen) atoms. The van der Waals surface area contributed by atoms with E-state index >= 15 is 0 Å². The molecule has 0 N–H and O–H groups in total. The van der Waals surface area contributed by atoms with E-state index in [-0.39, 0.29) is 10.8 Å². The molecule has 0 radical (unpaired) electrons. The molecule has 4 atom stereocenters. The van der Waals surface area contributed by atoms with E-state index in [2.05, 4.69) is 146 Å². The lowest BCUT2D eigenvalue weighted by Gasteiger charge is -2.50. The second kappa shape index (κ2) is 14.3. The van der Waals surface area contributed by atoms with Crippen LogP contribution < -0.4 is 0 Å². The largest absolute Gasteiger partial charge is 0.0973 e. The molecular formula is C27H36S12. The van der Waals surface area contributed by atoms with Crippen molar-refractivity contribution in [1.82, 2.24) is 0 Å². The Balaban J connectivity index is 1.62. The second-order valence-corrected chi connectivity index (χ2v) is 26.1. The zero-order chi connectivity index (χ0) is 27.0. The van der Waals surface area contributed by atoms with Gasteiger partial charge in [0.25, 0.3) is 0 Å². The van der Waals surface area contributed by atoms with Gasteiger partial charge in [-0.3, -0.25) is 0 Å². The van der Waals surface area contributed by atoms with Gasteiger partial charge in [-0.05, 0) is 52.5 Å². The molecule has 0 aromatic rings. The maximum absolute atomic E-state index is 2.68. The molecule has 216 valence electrons. The first-order valence-corrected chi connectivity index (χ1v) is 28.4. The maximum atomic E-state index is 2.68. The minimum Gasteiger partial charge on any atom is -0.0973 e. The lowest BCUT2D eigenvalue weighted by atomic mass is 9.64. The first-order valence-electron chi connectivity index (χ1n) is 13.2. The van der Waals surface area contributed by atoms with E-state index in [1.165, 1.54) is 63.3 Å². The molecule has 0 nitrogen and oxygen atoms in total. The molecular weight excluding hydrogens is 709 g/mol. The fraction of sp³-hybridized carbons (Fsp3) is 0.704. The lowest BCUT2D eigenvalue weighted by molar-refractivity contribution is 0.330. The highest BCUT2D eigenvalue weighted by Crippen LogP contribution is 2.61. The van der Waals surface area contributed by atoms with E-state index in [9.17, 15) is 0 Å². The lowest BCUT2D eigenvalue weighted by Crippen LogP contribution is -2.43. The molecule has 12 heteroatoms. The summed E-state index contributed by atoms with van der Waals surface area (Å²) in [5.41, 5.74) is 14.5. The molecule has 6 bridgehead atoms. The fourth-order valence-corrected chi connectivity index (χ4v) is 21.9. The Morgan fingerprint density at radius 2 is 1.10 bits per heavy atom. The molecule has 0 aromatic heterocycles. The van der Waals surface area contributed by atoms with Crippen LogP contribution >= 0.6 is 130 Å². The zero-order valence-corrected chi connectivity index (χ0v) is 32.6. The van der Waals surface area contributed by atoms with Gasteiger partial charge in [0.15, 0.2) is 0 Å². The number of fused-ring (bicyclic) bond motifs is 9. The highest BCUT2D eigenvalue weighted by atomic mass is 33.1. The molecule has 0 aromatic carbocycles. The Morgan fingerprint density at radius 3 is 1.72 bits per heavy atom. The van der Waals surface area contributed by atoms with Gasteiger partial charge in [-0.2, -0.15) is 0 Å². The van der Waals surface area contributed by atoms with Gasteiger partial charge >= 0.3 is 0 Å². The van der Waals surface area contributed by atoms with Crippen molar-refractivity contribution in [3.63, 3.8) is 0 Å². The van der Waals surface area contributed by atoms with Crippen LogP contribution in [0.4, 0.5) is 0 Å². The molecule has 6 rings (SSSR count). The third-order valence-electron chi connectivity index (χ3n) is 9.34. The third-order valence-corrected chi connectivity index (χ3v) is 22.9. The molecule has 2 aliphatic carbocycles. The van der Waals surface area contributed by atoms with Crippen LogP contribution in [0.15, 0.2) is 44.6 Å².